The quantitative estimate of drug-likeness (QED) is 0.465. The number of rotatable bonds is 6. The fraction of sp³-hybridized carbons (Fsp3) is 0.381. The molecule has 2 aromatic rings. The Labute approximate surface area is 168 Å². The number of hydrogen-bond donors (Lipinski definition) is 5. The Kier molecular flexibility index (Phi) is 6.83. The van der Waals surface area contributed by atoms with Crippen molar-refractivity contribution in [3.63, 3.8) is 0 Å². The number of carbonyl (C=O) groups excluding carboxylic acids is 1. The first-order valence-electron chi connectivity index (χ1n) is 9.30. The highest BCUT2D eigenvalue weighted by Gasteiger charge is 2.46. The molecule has 1 aliphatic rings. The molecule has 1 saturated heterocycles. The monoisotopic (exact) mass is 403 g/mol. The van der Waals surface area contributed by atoms with E-state index in [1.807, 2.05) is 30.3 Å². The van der Waals surface area contributed by atoms with Crippen LogP contribution in [0.4, 0.5) is 0 Å². The zero-order valence-corrected chi connectivity index (χ0v) is 15.9. The Morgan fingerprint density at radius 2 is 1.86 bits per heavy atom. The second-order valence-corrected chi connectivity index (χ2v) is 6.91. The summed E-state index contributed by atoms with van der Waals surface area (Å²) in [5.74, 6) is -0.00643. The van der Waals surface area contributed by atoms with Crippen LogP contribution in [0, 0.1) is 0 Å². The second kappa shape index (κ2) is 9.34. The van der Waals surface area contributed by atoms with Gasteiger partial charge in [-0.05, 0) is 23.3 Å². The van der Waals surface area contributed by atoms with E-state index in [9.17, 15) is 25.2 Å². The van der Waals surface area contributed by atoms with E-state index in [0.29, 0.717) is 11.3 Å². The van der Waals surface area contributed by atoms with E-state index in [1.54, 1.807) is 18.2 Å². The minimum absolute atomic E-state index is 0.102. The number of amides is 1. The molecule has 1 aliphatic heterocycles. The van der Waals surface area contributed by atoms with Crippen LogP contribution in [0.2, 0.25) is 0 Å². The zero-order valence-electron chi connectivity index (χ0n) is 15.9. The molecular weight excluding hydrogens is 378 g/mol. The van der Waals surface area contributed by atoms with Gasteiger partial charge in [0, 0.05) is 12.5 Å². The van der Waals surface area contributed by atoms with Gasteiger partial charge in [0.15, 0.2) is 0 Å². The van der Waals surface area contributed by atoms with Gasteiger partial charge in [0.2, 0.25) is 12.2 Å². The lowest BCUT2D eigenvalue weighted by Gasteiger charge is -2.42. The Balaban J connectivity index is 1.93. The summed E-state index contributed by atoms with van der Waals surface area (Å²) >= 11 is 0. The number of aliphatic hydroxyl groups is 4. The van der Waals surface area contributed by atoms with Gasteiger partial charge in [-0.2, -0.15) is 0 Å². The molecule has 8 heteroatoms. The molecule has 0 bridgehead atoms. The molecule has 8 nitrogen and oxygen atoms in total. The average Bonchev–Trinajstić information content (AvgIpc) is 2.73. The van der Waals surface area contributed by atoms with Crippen LogP contribution in [0.15, 0.2) is 48.5 Å². The van der Waals surface area contributed by atoms with Crippen LogP contribution in [0.5, 0.6) is 5.75 Å². The molecule has 5 unspecified atom stereocenters. The van der Waals surface area contributed by atoms with E-state index in [-0.39, 0.29) is 6.61 Å². The van der Waals surface area contributed by atoms with Gasteiger partial charge >= 0.3 is 0 Å². The molecule has 5 atom stereocenters. The van der Waals surface area contributed by atoms with Crippen LogP contribution in [0.1, 0.15) is 12.5 Å². The van der Waals surface area contributed by atoms with Crippen LogP contribution in [0.3, 0.4) is 0 Å². The summed E-state index contributed by atoms with van der Waals surface area (Å²) in [5.41, 5.74) is 2.26. The smallest absolute Gasteiger partial charge is 0.223 e. The number of hydrogen-bond acceptors (Lipinski definition) is 7. The minimum Gasteiger partial charge on any atom is -0.462 e. The van der Waals surface area contributed by atoms with Crippen molar-refractivity contribution in [2.45, 2.75) is 44.2 Å². The van der Waals surface area contributed by atoms with Crippen LogP contribution in [-0.2, 0) is 16.1 Å². The second-order valence-electron chi connectivity index (χ2n) is 6.91. The highest BCUT2D eigenvalue weighted by Crippen LogP contribution is 2.33. The molecule has 0 aliphatic carbocycles. The summed E-state index contributed by atoms with van der Waals surface area (Å²) in [5, 5.41) is 42.0. The van der Waals surface area contributed by atoms with Crippen molar-refractivity contribution in [1.82, 2.24) is 5.32 Å². The molecule has 1 fully saturated rings. The largest absolute Gasteiger partial charge is 0.462 e. The summed E-state index contributed by atoms with van der Waals surface area (Å²) in [6.45, 7) is 0.656. The average molecular weight is 403 g/mol. The predicted octanol–water partition coefficient (Wildman–Crippen LogP) is 0.168. The molecule has 2 aromatic carbocycles. The summed E-state index contributed by atoms with van der Waals surface area (Å²) in [7, 11) is 0. The Morgan fingerprint density at radius 3 is 2.55 bits per heavy atom. The summed E-state index contributed by atoms with van der Waals surface area (Å²) < 4.78 is 11.6. The third-order valence-corrected chi connectivity index (χ3v) is 4.80. The van der Waals surface area contributed by atoms with E-state index < -0.39 is 43.2 Å². The normalized spacial score (nSPS) is 26.7. The molecule has 29 heavy (non-hydrogen) atoms. The number of benzene rings is 2. The predicted molar refractivity (Wildman–Crippen MR) is 104 cm³/mol. The molecule has 0 saturated carbocycles. The van der Waals surface area contributed by atoms with E-state index in [2.05, 4.69) is 5.32 Å². The molecule has 0 aromatic heterocycles. The molecule has 1 amide bonds. The number of ether oxygens (including phenoxy) is 2. The Morgan fingerprint density at radius 1 is 1.10 bits per heavy atom. The van der Waals surface area contributed by atoms with Crippen LogP contribution in [-0.4, -0.2) is 63.6 Å². The van der Waals surface area contributed by atoms with Crippen molar-refractivity contribution in [1.29, 1.82) is 0 Å². The third kappa shape index (κ3) is 4.75. The molecular formula is C21H25NO7. The first-order chi connectivity index (χ1) is 13.9. The van der Waals surface area contributed by atoms with Gasteiger partial charge in [-0.15, -0.1) is 0 Å². The van der Waals surface area contributed by atoms with Crippen LogP contribution < -0.4 is 10.1 Å². The van der Waals surface area contributed by atoms with E-state index in [0.717, 1.165) is 11.1 Å². The van der Waals surface area contributed by atoms with Gasteiger partial charge in [0.25, 0.3) is 0 Å². The van der Waals surface area contributed by atoms with E-state index >= 15 is 0 Å². The lowest BCUT2D eigenvalue weighted by Crippen LogP contribution is -2.65. The van der Waals surface area contributed by atoms with Crippen molar-refractivity contribution >= 4 is 5.91 Å². The SMILES string of the molecule is CC(=O)NC1C(Oc2ccccc2-c2cccc(CO)c2)OC(CO)C(O)C1O. The maximum Gasteiger partial charge on any atom is 0.223 e. The van der Waals surface area contributed by atoms with Gasteiger partial charge in [-0.1, -0.05) is 36.4 Å². The highest BCUT2D eigenvalue weighted by atomic mass is 16.7. The standard InChI is InChI=1S/C21H25NO7/c1-12(25)22-18-20(27)19(26)17(11-24)29-21(18)28-16-8-3-2-7-15(16)14-6-4-5-13(9-14)10-23/h2-9,17-21,23-24,26-27H,10-11H2,1H3,(H,22,25). The first-order valence-corrected chi connectivity index (χ1v) is 9.30. The van der Waals surface area contributed by atoms with E-state index in [4.69, 9.17) is 9.47 Å². The van der Waals surface area contributed by atoms with Crippen molar-refractivity contribution < 1.29 is 34.7 Å². The summed E-state index contributed by atoms with van der Waals surface area (Å²) in [4.78, 5) is 11.6. The van der Waals surface area contributed by atoms with Crippen molar-refractivity contribution in [3.05, 3.63) is 54.1 Å². The van der Waals surface area contributed by atoms with Gasteiger partial charge in [-0.25, -0.2) is 0 Å². The number of para-hydroxylation sites is 1. The molecule has 0 spiro atoms. The Hall–Kier alpha value is -2.49. The maximum atomic E-state index is 11.6. The maximum absolute atomic E-state index is 11.6. The molecule has 156 valence electrons. The lowest BCUT2D eigenvalue weighted by molar-refractivity contribution is -0.244. The fourth-order valence-corrected chi connectivity index (χ4v) is 3.34. The van der Waals surface area contributed by atoms with Crippen LogP contribution in [0.25, 0.3) is 11.1 Å². The van der Waals surface area contributed by atoms with Gasteiger partial charge in [-0.3, -0.25) is 4.79 Å². The highest BCUT2D eigenvalue weighted by molar-refractivity contribution is 5.73. The number of carbonyl (C=O) groups is 1. The van der Waals surface area contributed by atoms with Gasteiger partial charge < -0.3 is 35.2 Å². The first kappa shape index (κ1) is 21.2. The number of nitrogens with one attached hydrogen (secondary N) is 1. The van der Waals surface area contributed by atoms with Crippen molar-refractivity contribution in [2.24, 2.45) is 0 Å². The lowest BCUT2D eigenvalue weighted by atomic mass is 9.96. The van der Waals surface area contributed by atoms with Crippen molar-refractivity contribution in [3.8, 4) is 16.9 Å². The molecule has 1 heterocycles. The van der Waals surface area contributed by atoms with Crippen molar-refractivity contribution in [2.75, 3.05) is 6.61 Å². The number of aliphatic hydroxyl groups excluding tert-OH is 4. The molecule has 0 radical (unpaired) electrons. The van der Waals surface area contributed by atoms with Crippen LogP contribution >= 0.6 is 0 Å². The minimum atomic E-state index is -1.39. The van der Waals surface area contributed by atoms with Gasteiger partial charge in [0.1, 0.15) is 30.1 Å². The zero-order chi connectivity index (χ0) is 21.0. The third-order valence-electron chi connectivity index (χ3n) is 4.80. The molecule has 5 N–H and O–H groups in total. The topological polar surface area (TPSA) is 128 Å². The molecule has 3 rings (SSSR count). The summed E-state index contributed by atoms with van der Waals surface area (Å²) in [6, 6.07) is 13.4. The summed E-state index contributed by atoms with van der Waals surface area (Å²) in [6.07, 6.45) is -4.98. The van der Waals surface area contributed by atoms with E-state index in [1.165, 1.54) is 6.92 Å². The van der Waals surface area contributed by atoms with Gasteiger partial charge in [0.05, 0.1) is 13.2 Å². The fourth-order valence-electron chi connectivity index (χ4n) is 3.34. The Bertz CT molecular complexity index is 843.